The third-order valence-electron chi connectivity index (χ3n) is 4.33. The van der Waals surface area contributed by atoms with Crippen molar-refractivity contribution >= 4 is 17.5 Å². The van der Waals surface area contributed by atoms with E-state index in [4.69, 9.17) is 0 Å². The van der Waals surface area contributed by atoms with E-state index in [9.17, 15) is 24.9 Å². The second-order valence-corrected chi connectivity index (χ2v) is 5.77. The summed E-state index contributed by atoms with van der Waals surface area (Å²) in [6.45, 7) is 0. The first-order valence-electron chi connectivity index (χ1n) is 7.68. The molecule has 0 amide bonds. The van der Waals surface area contributed by atoms with Gasteiger partial charge in [-0.1, -0.05) is 72.8 Å². The van der Waals surface area contributed by atoms with E-state index in [-0.39, 0.29) is 16.7 Å². The highest BCUT2D eigenvalue weighted by molar-refractivity contribution is 6.03. The minimum Gasteiger partial charge on any atom is -0.481 e. The molecular weight excluding hydrogens is 320 g/mol. The predicted octanol–water partition coefficient (Wildman–Crippen LogP) is 2.68. The molecule has 2 atom stereocenters. The summed E-state index contributed by atoms with van der Waals surface area (Å²) in [5.74, 6) is -4.07. The monoisotopic (exact) mass is 336 g/mol. The average Bonchev–Trinajstić information content (AvgIpc) is 2.62. The average molecular weight is 336 g/mol. The van der Waals surface area contributed by atoms with Crippen LogP contribution in [0.1, 0.15) is 11.1 Å². The zero-order chi connectivity index (χ0) is 18.0. The smallest absolute Gasteiger partial charge is 0.335 e. The molecule has 1 aliphatic rings. The van der Waals surface area contributed by atoms with E-state index in [2.05, 4.69) is 0 Å². The molecule has 0 heterocycles. The maximum Gasteiger partial charge on any atom is 0.335 e. The lowest BCUT2D eigenvalue weighted by molar-refractivity contribution is -0.149. The van der Waals surface area contributed by atoms with Gasteiger partial charge in [-0.3, -0.25) is 4.79 Å². The van der Waals surface area contributed by atoms with Gasteiger partial charge in [-0.25, -0.2) is 4.79 Å². The maximum atomic E-state index is 12.1. The molecule has 25 heavy (non-hydrogen) atoms. The first-order chi connectivity index (χ1) is 12.0. The normalized spacial score (nSPS) is 22.7. The molecule has 126 valence electrons. The van der Waals surface area contributed by atoms with Gasteiger partial charge in [0.15, 0.2) is 0 Å². The van der Waals surface area contributed by atoms with Gasteiger partial charge in [-0.05, 0) is 16.7 Å². The summed E-state index contributed by atoms with van der Waals surface area (Å²) >= 11 is 0. The largest absolute Gasteiger partial charge is 0.481 e. The molecular formula is C20H16O5. The highest BCUT2D eigenvalue weighted by atomic mass is 16.4. The van der Waals surface area contributed by atoms with E-state index in [1.165, 1.54) is 24.3 Å². The van der Waals surface area contributed by atoms with Gasteiger partial charge >= 0.3 is 11.9 Å². The van der Waals surface area contributed by atoms with Crippen molar-refractivity contribution in [3.8, 4) is 0 Å². The van der Waals surface area contributed by atoms with Gasteiger partial charge in [0.25, 0.3) is 0 Å². The Hall–Kier alpha value is -3.18. The first-order valence-corrected chi connectivity index (χ1v) is 7.68. The Bertz CT molecular complexity index is 867. The van der Waals surface area contributed by atoms with Gasteiger partial charge < -0.3 is 15.3 Å². The second-order valence-electron chi connectivity index (χ2n) is 5.77. The number of hydrogen-bond acceptors (Lipinski definition) is 3. The van der Waals surface area contributed by atoms with Crippen molar-refractivity contribution in [3.63, 3.8) is 0 Å². The van der Waals surface area contributed by atoms with E-state index < -0.39 is 23.5 Å². The molecule has 5 heteroatoms. The fourth-order valence-corrected chi connectivity index (χ4v) is 3.19. The standard InChI is InChI=1S/C20H16O5/c21-18(22)16-12-11-15(13-7-3-1-4-8-13)17(19(23)24)20(16,25)14-9-5-2-6-10-14/h1-12,16,25H,(H,21,22)(H,23,24). The molecule has 0 aliphatic heterocycles. The SMILES string of the molecule is O=C(O)C1=C(c2ccccc2)C=CC(C(=O)O)C1(O)c1ccccc1. The predicted molar refractivity (Wildman–Crippen MR) is 91.6 cm³/mol. The van der Waals surface area contributed by atoms with Crippen LogP contribution in [-0.2, 0) is 15.2 Å². The molecule has 0 saturated carbocycles. The third-order valence-corrected chi connectivity index (χ3v) is 4.33. The summed E-state index contributed by atoms with van der Waals surface area (Å²) < 4.78 is 0. The molecule has 0 bridgehead atoms. The number of carbonyl (C=O) groups is 2. The number of carboxylic acid groups (broad SMARTS) is 2. The van der Waals surface area contributed by atoms with Gasteiger partial charge in [0, 0.05) is 0 Å². The Morgan fingerprint density at radius 2 is 1.44 bits per heavy atom. The van der Waals surface area contributed by atoms with Crippen LogP contribution in [0.5, 0.6) is 0 Å². The molecule has 2 aromatic rings. The Kier molecular flexibility index (Phi) is 4.25. The summed E-state index contributed by atoms with van der Waals surface area (Å²) in [5, 5.41) is 30.8. The summed E-state index contributed by atoms with van der Waals surface area (Å²) in [7, 11) is 0. The highest BCUT2D eigenvalue weighted by Crippen LogP contribution is 2.45. The number of allylic oxidation sites excluding steroid dienone is 2. The van der Waals surface area contributed by atoms with Crippen LogP contribution in [-0.4, -0.2) is 27.3 Å². The van der Waals surface area contributed by atoms with Crippen molar-refractivity contribution in [1.82, 2.24) is 0 Å². The minimum absolute atomic E-state index is 0.220. The molecule has 0 fully saturated rings. The molecule has 2 unspecified atom stereocenters. The van der Waals surface area contributed by atoms with E-state index >= 15 is 0 Å². The fourth-order valence-electron chi connectivity index (χ4n) is 3.19. The van der Waals surface area contributed by atoms with Crippen molar-refractivity contribution in [2.24, 2.45) is 5.92 Å². The molecule has 0 spiro atoms. The minimum atomic E-state index is -2.18. The van der Waals surface area contributed by atoms with E-state index in [0.717, 1.165) is 0 Å². The molecule has 2 aromatic carbocycles. The first kappa shape index (κ1) is 16.7. The van der Waals surface area contributed by atoms with Gasteiger partial charge in [0.2, 0.25) is 0 Å². The van der Waals surface area contributed by atoms with Gasteiger partial charge in [0.05, 0.1) is 5.57 Å². The highest BCUT2D eigenvalue weighted by Gasteiger charge is 2.50. The van der Waals surface area contributed by atoms with Crippen molar-refractivity contribution in [1.29, 1.82) is 0 Å². The molecule has 0 radical (unpaired) electrons. The lowest BCUT2D eigenvalue weighted by atomic mass is 9.70. The Morgan fingerprint density at radius 3 is 1.96 bits per heavy atom. The van der Waals surface area contributed by atoms with Crippen LogP contribution >= 0.6 is 0 Å². The van der Waals surface area contributed by atoms with E-state index in [1.54, 1.807) is 48.5 Å². The van der Waals surface area contributed by atoms with Crippen LogP contribution in [0, 0.1) is 5.92 Å². The Balaban J connectivity index is 2.33. The van der Waals surface area contributed by atoms with Crippen molar-refractivity contribution in [2.75, 3.05) is 0 Å². The summed E-state index contributed by atoms with van der Waals surface area (Å²) in [6, 6.07) is 16.8. The van der Waals surface area contributed by atoms with Crippen LogP contribution < -0.4 is 0 Å². The Morgan fingerprint density at radius 1 is 0.880 bits per heavy atom. The van der Waals surface area contributed by atoms with Crippen LogP contribution in [0.2, 0.25) is 0 Å². The topological polar surface area (TPSA) is 94.8 Å². The maximum absolute atomic E-state index is 12.1. The molecule has 3 N–H and O–H groups in total. The third kappa shape index (κ3) is 2.75. The van der Waals surface area contributed by atoms with Crippen molar-refractivity contribution < 1.29 is 24.9 Å². The molecule has 0 saturated heterocycles. The van der Waals surface area contributed by atoms with Gasteiger partial charge in [0.1, 0.15) is 11.5 Å². The van der Waals surface area contributed by atoms with Crippen LogP contribution in [0.3, 0.4) is 0 Å². The number of benzene rings is 2. The summed E-state index contributed by atoms with van der Waals surface area (Å²) in [6.07, 6.45) is 2.79. The van der Waals surface area contributed by atoms with E-state index in [0.29, 0.717) is 5.56 Å². The number of hydrogen-bond donors (Lipinski definition) is 3. The summed E-state index contributed by atoms with van der Waals surface area (Å²) in [4.78, 5) is 23.8. The second kappa shape index (κ2) is 6.37. The lowest BCUT2D eigenvalue weighted by Gasteiger charge is -2.37. The van der Waals surface area contributed by atoms with Crippen LogP contribution in [0.25, 0.3) is 5.57 Å². The van der Waals surface area contributed by atoms with Crippen LogP contribution in [0.4, 0.5) is 0 Å². The Labute approximate surface area is 144 Å². The lowest BCUT2D eigenvalue weighted by Crippen LogP contribution is -2.45. The van der Waals surface area contributed by atoms with Gasteiger partial charge in [-0.15, -0.1) is 0 Å². The number of carboxylic acids is 2. The number of rotatable bonds is 4. The molecule has 5 nitrogen and oxygen atoms in total. The molecule has 1 aliphatic carbocycles. The quantitative estimate of drug-likeness (QED) is 0.798. The van der Waals surface area contributed by atoms with Crippen LogP contribution in [0.15, 0.2) is 78.4 Å². The number of aliphatic hydroxyl groups is 1. The molecule has 0 aromatic heterocycles. The zero-order valence-electron chi connectivity index (χ0n) is 13.2. The summed E-state index contributed by atoms with van der Waals surface area (Å²) in [5.41, 5.74) is -1.43. The molecule has 3 rings (SSSR count). The fraction of sp³-hybridized carbons (Fsp3) is 0.100. The zero-order valence-corrected chi connectivity index (χ0v) is 13.2. The van der Waals surface area contributed by atoms with Crippen molar-refractivity contribution in [2.45, 2.75) is 5.60 Å². The van der Waals surface area contributed by atoms with E-state index in [1.807, 2.05) is 0 Å². The number of aliphatic carboxylic acids is 2. The van der Waals surface area contributed by atoms with Crippen molar-refractivity contribution in [3.05, 3.63) is 89.5 Å². The van der Waals surface area contributed by atoms with Gasteiger partial charge in [-0.2, -0.15) is 0 Å².